The van der Waals surface area contributed by atoms with E-state index < -0.39 is 0 Å². The number of aromatic hydroxyl groups is 1. The van der Waals surface area contributed by atoms with E-state index in [2.05, 4.69) is 10.3 Å². The third-order valence-electron chi connectivity index (χ3n) is 4.82. The number of fused-ring (bicyclic) bond motifs is 3. The molecule has 128 valence electrons. The average molecular weight is 336 g/mol. The highest BCUT2D eigenvalue weighted by Gasteiger charge is 2.20. The monoisotopic (exact) mass is 336 g/mol. The van der Waals surface area contributed by atoms with Gasteiger partial charge in [0, 0.05) is 36.4 Å². The van der Waals surface area contributed by atoms with Crippen molar-refractivity contribution in [2.75, 3.05) is 0 Å². The SMILES string of the molecule is O=c1oc2c(CNCc3cccnc3)c(O)ccc2c2c1CCCC2. The normalized spacial score (nSPS) is 13.8. The van der Waals surface area contributed by atoms with Crippen molar-refractivity contribution in [1.29, 1.82) is 0 Å². The maximum atomic E-state index is 12.4. The van der Waals surface area contributed by atoms with Crippen molar-refractivity contribution < 1.29 is 9.52 Å². The molecular formula is C20H20N2O3. The number of nitrogens with one attached hydrogen (secondary N) is 1. The van der Waals surface area contributed by atoms with E-state index in [1.807, 2.05) is 18.2 Å². The van der Waals surface area contributed by atoms with E-state index in [-0.39, 0.29) is 11.4 Å². The Morgan fingerprint density at radius 3 is 2.76 bits per heavy atom. The van der Waals surface area contributed by atoms with Gasteiger partial charge in [0.2, 0.25) is 0 Å². The highest BCUT2D eigenvalue weighted by Crippen LogP contribution is 2.32. The molecule has 2 aromatic heterocycles. The van der Waals surface area contributed by atoms with E-state index in [9.17, 15) is 9.90 Å². The summed E-state index contributed by atoms with van der Waals surface area (Å²) in [6.45, 7) is 1.04. The number of hydrogen-bond acceptors (Lipinski definition) is 5. The first-order chi connectivity index (χ1) is 12.2. The lowest BCUT2D eigenvalue weighted by atomic mass is 9.90. The molecule has 0 aliphatic heterocycles. The fraction of sp³-hybridized carbons (Fsp3) is 0.300. The molecule has 25 heavy (non-hydrogen) atoms. The van der Waals surface area contributed by atoms with Gasteiger partial charge in [-0.3, -0.25) is 4.98 Å². The molecule has 2 N–H and O–H groups in total. The molecule has 5 nitrogen and oxygen atoms in total. The molecule has 0 amide bonds. The Balaban J connectivity index is 1.69. The van der Waals surface area contributed by atoms with Crippen molar-refractivity contribution >= 4 is 11.0 Å². The molecule has 0 atom stereocenters. The summed E-state index contributed by atoms with van der Waals surface area (Å²) in [6, 6.07) is 7.43. The average Bonchev–Trinajstić information content (AvgIpc) is 2.65. The minimum Gasteiger partial charge on any atom is -0.507 e. The standard InChI is InChI=1S/C20H20N2O3/c23-18-8-7-15-14-5-1-2-6-16(14)20(24)25-19(15)17(18)12-22-11-13-4-3-9-21-10-13/h3-4,7-10,22-23H,1-2,5-6,11-12H2. The van der Waals surface area contributed by atoms with Crippen LogP contribution in [0.2, 0.25) is 0 Å². The number of aromatic nitrogens is 1. The molecule has 0 unspecified atom stereocenters. The highest BCUT2D eigenvalue weighted by atomic mass is 16.4. The molecule has 0 radical (unpaired) electrons. The van der Waals surface area contributed by atoms with E-state index in [0.717, 1.165) is 47.8 Å². The molecule has 1 aromatic carbocycles. The molecule has 5 heteroatoms. The van der Waals surface area contributed by atoms with Crippen LogP contribution < -0.4 is 10.9 Å². The molecule has 1 aliphatic carbocycles. The van der Waals surface area contributed by atoms with Gasteiger partial charge in [0.25, 0.3) is 0 Å². The van der Waals surface area contributed by atoms with Crippen molar-refractivity contribution in [3.8, 4) is 5.75 Å². The quantitative estimate of drug-likeness (QED) is 0.716. The molecule has 0 bridgehead atoms. The van der Waals surface area contributed by atoms with Crippen LogP contribution in [-0.4, -0.2) is 10.1 Å². The summed E-state index contributed by atoms with van der Waals surface area (Å²) in [4.78, 5) is 16.4. The van der Waals surface area contributed by atoms with Crippen LogP contribution in [0.4, 0.5) is 0 Å². The lowest BCUT2D eigenvalue weighted by molar-refractivity contribution is 0.459. The summed E-state index contributed by atoms with van der Waals surface area (Å²) in [5, 5.41) is 14.5. The van der Waals surface area contributed by atoms with Crippen LogP contribution in [0.1, 0.15) is 35.1 Å². The minimum absolute atomic E-state index is 0.144. The van der Waals surface area contributed by atoms with Gasteiger partial charge in [0.15, 0.2) is 0 Å². The summed E-state index contributed by atoms with van der Waals surface area (Å²) in [5.74, 6) is 0.144. The number of hydrogen-bond donors (Lipinski definition) is 2. The second kappa shape index (κ2) is 6.69. The number of benzene rings is 1. The van der Waals surface area contributed by atoms with Gasteiger partial charge < -0.3 is 14.8 Å². The Bertz CT molecular complexity index is 964. The first-order valence-corrected chi connectivity index (χ1v) is 8.63. The lowest BCUT2D eigenvalue weighted by Crippen LogP contribution is -2.17. The molecule has 0 saturated heterocycles. The van der Waals surface area contributed by atoms with Gasteiger partial charge in [0.05, 0.1) is 5.56 Å². The van der Waals surface area contributed by atoms with Gasteiger partial charge in [-0.1, -0.05) is 6.07 Å². The third-order valence-corrected chi connectivity index (χ3v) is 4.82. The van der Waals surface area contributed by atoms with Crippen molar-refractivity contribution in [1.82, 2.24) is 10.3 Å². The van der Waals surface area contributed by atoms with Gasteiger partial charge in [-0.25, -0.2) is 4.79 Å². The van der Waals surface area contributed by atoms with E-state index in [4.69, 9.17) is 4.42 Å². The van der Waals surface area contributed by atoms with Crippen LogP contribution in [0.25, 0.3) is 11.0 Å². The van der Waals surface area contributed by atoms with Gasteiger partial charge in [-0.05, 0) is 55.0 Å². The molecule has 0 fully saturated rings. The van der Waals surface area contributed by atoms with Crippen LogP contribution >= 0.6 is 0 Å². The largest absolute Gasteiger partial charge is 0.507 e. The van der Waals surface area contributed by atoms with E-state index in [1.54, 1.807) is 18.5 Å². The predicted molar refractivity (Wildman–Crippen MR) is 95.6 cm³/mol. The Labute approximate surface area is 145 Å². The number of phenolic OH excluding ortho intramolecular Hbond substituents is 1. The zero-order valence-electron chi connectivity index (χ0n) is 13.9. The van der Waals surface area contributed by atoms with Crippen molar-refractivity contribution in [2.45, 2.75) is 38.8 Å². The summed E-state index contributed by atoms with van der Waals surface area (Å²) in [6.07, 6.45) is 7.32. The second-order valence-electron chi connectivity index (χ2n) is 6.46. The van der Waals surface area contributed by atoms with E-state index in [0.29, 0.717) is 24.2 Å². The summed E-state index contributed by atoms with van der Waals surface area (Å²) >= 11 is 0. The van der Waals surface area contributed by atoms with Gasteiger partial charge in [0.1, 0.15) is 11.3 Å². The first kappa shape index (κ1) is 15.8. The number of rotatable bonds is 4. The number of nitrogens with zero attached hydrogens (tertiary/aromatic N) is 1. The maximum Gasteiger partial charge on any atom is 0.339 e. The van der Waals surface area contributed by atoms with Crippen LogP contribution in [-0.2, 0) is 25.9 Å². The minimum atomic E-state index is -0.263. The van der Waals surface area contributed by atoms with Gasteiger partial charge >= 0.3 is 5.63 Å². The predicted octanol–water partition coefficient (Wildman–Crippen LogP) is 3.06. The smallest absolute Gasteiger partial charge is 0.339 e. The van der Waals surface area contributed by atoms with Crippen LogP contribution in [0.5, 0.6) is 5.75 Å². The highest BCUT2D eigenvalue weighted by molar-refractivity contribution is 5.86. The Hall–Kier alpha value is -2.66. The molecule has 0 spiro atoms. The third kappa shape index (κ3) is 3.03. The molecule has 3 aromatic rings. The number of aryl methyl sites for hydroxylation is 1. The zero-order valence-corrected chi connectivity index (χ0v) is 13.9. The summed E-state index contributed by atoms with van der Waals surface area (Å²) in [5.41, 5.74) is 3.82. The topological polar surface area (TPSA) is 75.4 Å². The van der Waals surface area contributed by atoms with Gasteiger partial charge in [-0.15, -0.1) is 0 Å². The zero-order chi connectivity index (χ0) is 17.2. The van der Waals surface area contributed by atoms with Gasteiger partial charge in [-0.2, -0.15) is 0 Å². The van der Waals surface area contributed by atoms with Crippen molar-refractivity contribution in [3.05, 3.63) is 69.3 Å². The summed E-state index contributed by atoms with van der Waals surface area (Å²) in [7, 11) is 0. The Morgan fingerprint density at radius 1 is 1.12 bits per heavy atom. The molecule has 2 heterocycles. The summed E-state index contributed by atoms with van der Waals surface area (Å²) < 4.78 is 5.61. The lowest BCUT2D eigenvalue weighted by Gasteiger charge is -2.18. The van der Waals surface area contributed by atoms with Crippen LogP contribution in [0.15, 0.2) is 45.9 Å². The molecule has 4 rings (SSSR count). The second-order valence-corrected chi connectivity index (χ2v) is 6.46. The first-order valence-electron chi connectivity index (χ1n) is 8.63. The Kier molecular flexibility index (Phi) is 4.24. The van der Waals surface area contributed by atoms with Crippen LogP contribution in [0.3, 0.4) is 0 Å². The number of phenols is 1. The van der Waals surface area contributed by atoms with Crippen LogP contribution in [0, 0.1) is 0 Å². The Morgan fingerprint density at radius 2 is 1.96 bits per heavy atom. The fourth-order valence-corrected chi connectivity index (χ4v) is 3.56. The van der Waals surface area contributed by atoms with Crippen molar-refractivity contribution in [3.63, 3.8) is 0 Å². The molecular weight excluding hydrogens is 316 g/mol. The number of pyridine rings is 1. The molecule has 0 saturated carbocycles. The fourth-order valence-electron chi connectivity index (χ4n) is 3.56. The van der Waals surface area contributed by atoms with E-state index >= 15 is 0 Å². The maximum absolute atomic E-state index is 12.4. The van der Waals surface area contributed by atoms with E-state index in [1.165, 1.54) is 0 Å². The molecule has 1 aliphatic rings. The van der Waals surface area contributed by atoms with Crippen molar-refractivity contribution in [2.24, 2.45) is 0 Å².